The van der Waals surface area contributed by atoms with Crippen molar-refractivity contribution in [2.24, 2.45) is 10.9 Å². The van der Waals surface area contributed by atoms with Gasteiger partial charge in [0.1, 0.15) is 11.6 Å². The Labute approximate surface area is 184 Å². The quantitative estimate of drug-likeness (QED) is 0.249. The van der Waals surface area contributed by atoms with Crippen LogP contribution in [0.25, 0.3) is 5.82 Å². The zero-order chi connectivity index (χ0) is 19.1. The number of nitrogens with zero attached hydrogens (tertiary/aromatic N) is 5. The van der Waals surface area contributed by atoms with Crippen LogP contribution in [0.1, 0.15) is 31.2 Å². The largest absolute Gasteiger partial charge is 0.379 e. The zero-order valence-corrected chi connectivity index (χ0v) is 19.3. The molecule has 0 saturated heterocycles. The first kappa shape index (κ1) is 22.6. The third kappa shape index (κ3) is 6.73. The van der Waals surface area contributed by atoms with Gasteiger partial charge >= 0.3 is 0 Å². The molecule has 0 bridgehead atoms. The Balaban J connectivity index is 0.00000280. The minimum atomic E-state index is 0. The maximum absolute atomic E-state index is 5.74. The van der Waals surface area contributed by atoms with Crippen LogP contribution in [0.2, 0.25) is 0 Å². The average Bonchev–Trinajstić information content (AvgIpc) is 3.41. The van der Waals surface area contributed by atoms with Crippen molar-refractivity contribution in [2.45, 2.75) is 33.2 Å². The molecule has 1 aliphatic carbocycles. The maximum Gasteiger partial charge on any atom is 0.194 e. The summed E-state index contributed by atoms with van der Waals surface area (Å²) in [6.45, 7) is 7.93. The summed E-state index contributed by atoms with van der Waals surface area (Å²) in [6, 6.07) is 4.06. The first-order valence-electron chi connectivity index (χ1n) is 9.69. The van der Waals surface area contributed by atoms with Gasteiger partial charge in [0.2, 0.25) is 0 Å². The molecule has 2 heterocycles. The van der Waals surface area contributed by atoms with Gasteiger partial charge in [-0.2, -0.15) is 0 Å². The minimum Gasteiger partial charge on any atom is -0.379 e. The van der Waals surface area contributed by atoms with Crippen molar-refractivity contribution < 1.29 is 4.74 Å². The van der Waals surface area contributed by atoms with Gasteiger partial charge < -0.3 is 15.0 Å². The number of likely N-dealkylation sites (N-methyl/N-ethyl adjacent to an activating group) is 1. The topological polar surface area (TPSA) is 67.6 Å². The van der Waals surface area contributed by atoms with Crippen molar-refractivity contribution in [2.75, 3.05) is 33.4 Å². The number of aromatic nitrogens is 3. The van der Waals surface area contributed by atoms with Gasteiger partial charge in [0, 0.05) is 45.3 Å². The standard InChI is InChI=1S/C20H30N6O.HI/c1-4-21-20(25(3)11-12-27-15-17-5-6-17)24-14-18-7-8-19(23-13-18)26-10-9-22-16(26)2;/h7-10,13,17H,4-6,11-12,14-15H2,1-3H3,(H,21,24);1H. The van der Waals surface area contributed by atoms with Crippen LogP contribution in [0.3, 0.4) is 0 Å². The normalized spacial score (nSPS) is 13.9. The van der Waals surface area contributed by atoms with Crippen LogP contribution in [-0.4, -0.2) is 58.7 Å². The summed E-state index contributed by atoms with van der Waals surface area (Å²) in [7, 11) is 2.05. The molecule has 0 aliphatic heterocycles. The molecule has 0 aromatic carbocycles. The van der Waals surface area contributed by atoms with Crippen LogP contribution in [0.4, 0.5) is 0 Å². The highest BCUT2D eigenvalue weighted by Crippen LogP contribution is 2.28. The second-order valence-corrected chi connectivity index (χ2v) is 6.98. The molecular weight excluding hydrogens is 467 g/mol. The van der Waals surface area contributed by atoms with Crippen molar-refractivity contribution in [3.8, 4) is 5.82 Å². The van der Waals surface area contributed by atoms with Gasteiger partial charge in [-0.05, 0) is 44.2 Å². The van der Waals surface area contributed by atoms with Crippen LogP contribution in [0, 0.1) is 12.8 Å². The third-order valence-corrected chi connectivity index (χ3v) is 4.61. The number of guanidine groups is 1. The summed E-state index contributed by atoms with van der Waals surface area (Å²) in [5.41, 5.74) is 1.07. The molecule has 0 atom stereocenters. The van der Waals surface area contributed by atoms with Crippen LogP contribution < -0.4 is 5.32 Å². The van der Waals surface area contributed by atoms with Gasteiger partial charge in [0.05, 0.1) is 13.2 Å². The Hall–Kier alpha value is -1.68. The first-order chi connectivity index (χ1) is 13.2. The minimum absolute atomic E-state index is 0. The van der Waals surface area contributed by atoms with Crippen LogP contribution in [-0.2, 0) is 11.3 Å². The van der Waals surface area contributed by atoms with Gasteiger partial charge in [-0.1, -0.05) is 6.07 Å². The van der Waals surface area contributed by atoms with E-state index >= 15 is 0 Å². The van der Waals surface area contributed by atoms with Crippen molar-refractivity contribution in [3.63, 3.8) is 0 Å². The summed E-state index contributed by atoms with van der Waals surface area (Å²) in [5, 5.41) is 3.34. The summed E-state index contributed by atoms with van der Waals surface area (Å²) in [4.78, 5) is 15.6. The van der Waals surface area contributed by atoms with Crippen molar-refractivity contribution in [1.29, 1.82) is 0 Å². The van der Waals surface area contributed by atoms with Crippen molar-refractivity contribution >= 4 is 29.9 Å². The third-order valence-electron chi connectivity index (χ3n) is 4.61. The lowest BCUT2D eigenvalue weighted by atomic mass is 10.3. The van der Waals surface area contributed by atoms with E-state index in [1.165, 1.54) is 12.8 Å². The molecule has 0 radical (unpaired) electrons. The van der Waals surface area contributed by atoms with E-state index in [1.807, 2.05) is 37.0 Å². The monoisotopic (exact) mass is 498 g/mol. The number of aryl methyl sites for hydroxylation is 1. The fourth-order valence-electron chi connectivity index (χ4n) is 2.75. The molecule has 0 spiro atoms. The van der Waals surface area contributed by atoms with Gasteiger partial charge in [-0.15, -0.1) is 24.0 Å². The number of nitrogens with one attached hydrogen (secondary N) is 1. The van der Waals surface area contributed by atoms with E-state index in [1.54, 1.807) is 6.20 Å². The van der Waals surface area contributed by atoms with E-state index in [4.69, 9.17) is 9.73 Å². The molecule has 8 heteroatoms. The van der Waals surface area contributed by atoms with Gasteiger partial charge in [0.25, 0.3) is 0 Å². The molecule has 1 N–H and O–H groups in total. The fourth-order valence-corrected chi connectivity index (χ4v) is 2.75. The molecule has 28 heavy (non-hydrogen) atoms. The molecule has 7 nitrogen and oxygen atoms in total. The highest BCUT2D eigenvalue weighted by atomic mass is 127. The Morgan fingerprint density at radius 2 is 2.18 bits per heavy atom. The number of aliphatic imine (C=N–C) groups is 1. The van der Waals surface area contributed by atoms with Crippen LogP contribution in [0.5, 0.6) is 0 Å². The second kappa shape index (κ2) is 11.4. The zero-order valence-electron chi connectivity index (χ0n) is 17.0. The lowest BCUT2D eigenvalue weighted by Gasteiger charge is -2.22. The van der Waals surface area contributed by atoms with E-state index in [9.17, 15) is 0 Å². The molecule has 2 aromatic rings. The molecule has 1 saturated carbocycles. The number of ether oxygens (including phenoxy) is 1. The van der Waals surface area contributed by atoms with Crippen LogP contribution >= 0.6 is 24.0 Å². The molecule has 0 amide bonds. The number of hydrogen-bond acceptors (Lipinski definition) is 4. The summed E-state index contributed by atoms with van der Waals surface area (Å²) >= 11 is 0. The Morgan fingerprint density at radius 1 is 1.36 bits per heavy atom. The highest BCUT2D eigenvalue weighted by molar-refractivity contribution is 14.0. The second-order valence-electron chi connectivity index (χ2n) is 6.98. The molecule has 154 valence electrons. The first-order valence-corrected chi connectivity index (χ1v) is 9.69. The smallest absolute Gasteiger partial charge is 0.194 e. The van der Waals surface area contributed by atoms with E-state index in [0.717, 1.165) is 55.4 Å². The lowest BCUT2D eigenvalue weighted by molar-refractivity contribution is 0.115. The summed E-state index contributed by atoms with van der Waals surface area (Å²) < 4.78 is 7.70. The number of rotatable bonds is 9. The molecular formula is C20H31IN6O. The van der Waals surface area contributed by atoms with Gasteiger partial charge in [-0.3, -0.25) is 4.57 Å². The highest BCUT2D eigenvalue weighted by Gasteiger charge is 2.21. The number of pyridine rings is 1. The van der Waals surface area contributed by atoms with Gasteiger partial charge in [-0.25, -0.2) is 15.0 Å². The lowest BCUT2D eigenvalue weighted by Crippen LogP contribution is -2.40. The van der Waals surface area contributed by atoms with E-state index < -0.39 is 0 Å². The molecule has 2 aromatic heterocycles. The maximum atomic E-state index is 5.74. The predicted octanol–water partition coefficient (Wildman–Crippen LogP) is 3.02. The molecule has 3 rings (SSSR count). The van der Waals surface area contributed by atoms with Crippen molar-refractivity contribution in [3.05, 3.63) is 42.1 Å². The predicted molar refractivity (Wildman–Crippen MR) is 122 cm³/mol. The Bertz CT molecular complexity index is 741. The van der Waals surface area contributed by atoms with E-state index in [0.29, 0.717) is 6.54 Å². The van der Waals surface area contributed by atoms with Crippen LogP contribution in [0.15, 0.2) is 35.7 Å². The molecule has 0 unspecified atom stereocenters. The number of imidazole rings is 1. The number of hydrogen-bond donors (Lipinski definition) is 1. The Kier molecular flexibility index (Phi) is 9.17. The molecule has 1 aliphatic rings. The summed E-state index contributed by atoms with van der Waals surface area (Å²) in [6.07, 6.45) is 8.22. The van der Waals surface area contributed by atoms with Crippen molar-refractivity contribution in [1.82, 2.24) is 24.8 Å². The Morgan fingerprint density at radius 3 is 2.79 bits per heavy atom. The SMILES string of the molecule is CCNC(=NCc1ccc(-n2ccnc2C)nc1)N(C)CCOCC1CC1.I. The van der Waals surface area contributed by atoms with E-state index in [2.05, 4.69) is 33.2 Å². The fraction of sp³-hybridized carbons (Fsp3) is 0.550. The molecule has 1 fully saturated rings. The number of halogens is 1. The van der Waals surface area contributed by atoms with E-state index in [-0.39, 0.29) is 24.0 Å². The average molecular weight is 498 g/mol. The van der Waals surface area contributed by atoms with Gasteiger partial charge in [0.15, 0.2) is 5.96 Å². The summed E-state index contributed by atoms with van der Waals surface area (Å²) in [5.74, 6) is 3.49.